The molecule has 0 fully saturated rings. The van der Waals surface area contributed by atoms with Gasteiger partial charge in [0.05, 0.1) is 0 Å². The van der Waals surface area contributed by atoms with Gasteiger partial charge in [0.1, 0.15) is 0 Å². The second-order valence-electron chi connectivity index (χ2n) is 1.44. The zero-order valence-electron chi connectivity index (χ0n) is 4.16. The number of halogens is 1. The highest BCUT2D eigenvalue weighted by Crippen LogP contribution is 1.89. The molecule has 0 unspecified atom stereocenters. The topological polar surface area (TPSA) is 0 Å². The minimum Gasteiger partial charge on any atom is -0.0883 e. The standard InChI is InChI=1S/C5H9Br.Mg.2H/c1-5(2)3-4-6;;;/h3H,4H2,1-2H3;;;. The fourth-order valence-corrected chi connectivity index (χ4v) is 0.802. The second-order valence-corrected chi connectivity index (χ2v) is 2.08. The van der Waals surface area contributed by atoms with E-state index in [4.69, 9.17) is 0 Å². The third-order valence-electron chi connectivity index (χ3n) is 0.485. The Balaban J connectivity index is 0. The molecule has 0 aromatic heterocycles. The quantitative estimate of drug-likeness (QED) is 0.321. The van der Waals surface area contributed by atoms with Crippen LogP contribution in [0.1, 0.15) is 13.8 Å². The molecule has 7 heavy (non-hydrogen) atoms. The summed E-state index contributed by atoms with van der Waals surface area (Å²) in [5.74, 6) is 0. The van der Waals surface area contributed by atoms with Crippen molar-refractivity contribution in [3.63, 3.8) is 0 Å². The lowest BCUT2D eigenvalue weighted by Crippen LogP contribution is -1.62. The van der Waals surface area contributed by atoms with Crippen LogP contribution in [0.3, 0.4) is 0 Å². The summed E-state index contributed by atoms with van der Waals surface area (Å²) in [6.45, 7) is 4.17. The molecule has 0 aliphatic carbocycles. The van der Waals surface area contributed by atoms with E-state index in [0.717, 1.165) is 5.33 Å². The van der Waals surface area contributed by atoms with Crippen LogP contribution in [-0.2, 0) is 0 Å². The van der Waals surface area contributed by atoms with E-state index in [2.05, 4.69) is 35.9 Å². The van der Waals surface area contributed by atoms with Gasteiger partial charge in [-0.25, -0.2) is 0 Å². The molecule has 0 atom stereocenters. The Morgan fingerprint density at radius 1 is 1.57 bits per heavy atom. The van der Waals surface area contributed by atoms with Crippen LogP contribution in [-0.4, -0.2) is 28.4 Å². The summed E-state index contributed by atoms with van der Waals surface area (Å²) < 4.78 is 0. The van der Waals surface area contributed by atoms with Gasteiger partial charge in [0, 0.05) is 5.33 Å². The van der Waals surface area contributed by atoms with Crippen LogP contribution in [0, 0.1) is 0 Å². The predicted molar refractivity (Wildman–Crippen MR) is 41.8 cm³/mol. The van der Waals surface area contributed by atoms with Crippen molar-refractivity contribution in [1.82, 2.24) is 0 Å². The van der Waals surface area contributed by atoms with Crippen molar-refractivity contribution in [3.05, 3.63) is 11.6 Å². The number of hydrogen-bond acceptors (Lipinski definition) is 0. The van der Waals surface area contributed by atoms with Gasteiger partial charge in [-0.3, -0.25) is 0 Å². The molecule has 0 radical (unpaired) electrons. The average Bonchev–Trinajstić information content (AvgIpc) is 1.35. The molecule has 0 bridgehead atoms. The van der Waals surface area contributed by atoms with Gasteiger partial charge in [0.2, 0.25) is 0 Å². The second kappa shape index (κ2) is 6.99. The Morgan fingerprint density at radius 2 is 2.00 bits per heavy atom. The van der Waals surface area contributed by atoms with Crippen LogP contribution in [0.15, 0.2) is 11.6 Å². The van der Waals surface area contributed by atoms with Crippen molar-refractivity contribution < 1.29 is 0 Å². The summed E-state index contributed by atoms with van der Waals surface area (Å²) >= 11 is 3.27. The van der Waals surface area contributed by atoms with E-state index in [0.29, 0.717) is 0 Å². The number of rotatable bonds is 1. The average molecular weight is 175 g/mol. The molecule has 0 aliphatic rings. The highest BCUT2D eigenvalue weighted by molar-refractivity contribution is 9.09. The summed E-state index contributed by atoms with van der Waals surface area (Å²) in [6.07, 6.45) is 2.12. The van der Waals surface area contributed by atoms with Crippen LogP contribution < -0.4 is 0 Å². The smallest absolute Gasteiger partial charge is 0.0883 e. The van der Waals surface area contributed by atoms with E-state index in [9.17, 15) is 0 Å². The first kappa shape index (κ1) is 10.9. The Kier molecular flexibility index (Phi) is 10.9. The van der Waals surface area contributed by atoms with Crippen molar-refractivity contribution in [3.8, 4) is 0 Å². The van der Waals surface area contributed by atoms with E-state index in [1.165, 1.54) is 5.57 Å². The molecule has 0 amide bonds. The Hall–Kier alpha value is 0.986. The summed E-state index contributed by atoms with van der Waals surface area (Å²) in [7, 11) is 0. The van der Waals surface area contributed by atoms with Crippen molar-refractivity contribution in [2.75, 3.05) is 5.33 Å². The molecule has 40 valence electrons. The SMILES string of the molecule is CC(C)=CCBr.[MgH2]. The molecular formula is C5H11BrMg. The van der Waals surface area contributed by atoms with Crippen molar-refractivity contribution in [1.29, 1.82) is 0 Å². The predicted octanol–water partition coefficient (Wildman–Crippen LogP) is 1.43. The Bertz CT molecular complexity index is 55.1. The Labute approximate surface area is 69.6 Å². The van der Waals surface area contributed by atoms with Gasteiger partial charge in [-0.2, -0.15) is 0 Å². The maximum atomic E-state index is 3.27. The maximum Gasteiger partial charge on any atom is 0.316 e. The van der Waals surface area contributed by atoms with E-state index in [1.54, 1.807) is 0 Å². The van der Waals surface area contributed by atoms with E-state index < -0.39 is 0 Å². The summed E-state index contributed by atoms with van der Waals surface area (Å²) in [5, 5.41) is 0.981. The molecule has 0 aromatic rings. The lowest BCUT2D eigenvalue weighted by atomic mass is 10.3. The highest BCUT2D eigenvalue weighted by atomic mass is 79.9. The fraction of sp³-hybridized carbons (Fsp3) is 0.600. The molecule has 0 N–H and O–H groups in total. The number of hydrogen-bond donors (Lipinski definition) is 0. The molecule has 0 saturated carbocycles. The molecule has 0 nitrogen and oxygen atoms in total. The van der Waals surface area contributed by atoms with Gasteiger partial charge < -0.3 is 0 Å². The molecule has 0 aliphatic heterocycles. The largest absolute Gasteiger partial charge is 0.316 e. The van der Waals surface area contributed by atoms with Gasteiger partial charge in [-0.1, -0.05) is 27.6 Å². The van der Waals surface area contributed by atoms with Crippen LogP contribution >= 0.6 is 15.9 Å². The molecule has 0 saturated heterocycles. The van der Waals surface area contributed by atoms with E-state index in [-0.39, 0.29) is 23.1 Å². The van der Waals surface area contributed by atoms with E-state index >= 15 is 0 Å². The first-order valence-corrected chi connectivity index (χ1v) is 3.09. The molecular weight excluding hydrogens is 164 g/mol. The minimum absolute atomic E-state index is 0. The van der Waals surface area contributed by atoms with Crippen molar-refractivity contribution in [2.24, 2.45) is 0 Å². The van der Waals surface area contributed by atoms with Crippen LogP contribution in [0.2, 0.25) is 0 Å². The summed E-state index contributed by atoms with van der Waals surface area (Å²) in [6, 6.07) is 0. The first-order valence-electron chi connectivity index (χ1n) is 1.96. The molecule has 0 heterocycles. The molecule has 0 aromatic carbocycles. The molecule has 0 rings (SSSR count). The van der Waals surface area contributed by atoms with Crippen molar-refractivity contribution >= 4 is 39.0 Å². The lowest BCUT2D eigenvalue weighted by Gasteiger charge is -1.79. The number of alkyl halides is 1. The minimum atomic E-state index is 0. The highest BCUT2D eigenvalue weighted by Gasteiger charge is 1.68. The fourth-order valence-electron chi connectivity index (χ4n) is 0.154. The van der Waals surface area contributed by atoms with E-state index in [1.807, 2.05) is 0 Å². The van der Waals surface area contributed by atoms with Crippen molar-refractivity contribution in [2.45, 2.75) is 13.8 Å². The molecule has 0 spiro atoms. The molecule has 2 heteroatoms. The van der Waals surface area contributed by atoms with Crippen LogP contribution in [0.4, 0.5) is 0 Å². The summed E-state index contributed by atoms with van der Waals surface area (Å²) in [4.78, 5) is 0. The Morgan fingerprint density at radius 3 is 2.00 bits per heavy atom. The monoisotopic (exact) mass is 174 g/mol. The lowest BCUT2D eigenvalue weighted by molar-refractivity contribution is 1.37. The normalized spacial score (nSPS) is 6.71. The van der Waals surface area contributed by atoms with Gasteiger partial charge in [-0.05, 0) is 13.8 Å². The van der Waals surface area contributed by atoms with Gasteiger partial charge in [0.15, 0.2) is 0 Å². The third-order valence-corrected chi connectivity index (χ3v) is 0.809. The number of allylic oxidation sites excluding steroid dienone is 2. The first-order chi connectivity index (χ1) is 2.77. The van der Waals surface area contributed by atoms with Crippen LogP contribution in [0.5, 0.6) is 0 Å². The van der Waals surface area contributed by atoms with Crippen LogP contribution in [0.25, 0.3) is 0 Å². The van der Waals surface area contributed by atoms with Gasteiger partial charge in [0.25, 0.3) is 0 Å². The third kappa shape index (κ3) is 10.9. The van der Waals surface area contributed by atoms with Gasteiger partial charge in [-0.15, -0.1) is 0 Å². The zero-order valence-corrected chi connectivity index (χ0v) is 5.75. The maximum absolute atomic E-state index is 3.27. The zero-order chi connectivity index (χ0) is 4.99. The summed E-state index contributed by atoms with van der Waals surface area (Å²) in [5.41, 5.74) is 1.37. The van der Waals surface area contributed by atoms with Gasteiger partial charge >= 0.3 is 23.1 Å².